The summed E-state index contributed by atoms with van der Waals surface area (Å²) in [6.07, 6.45) is 10.8. The van der Waals surface area contributed by atoms with Crippen LogP contribution < -0.4 is 5.32 Å². The third-order valence-corrected chi connectivity index (χ3v) is 8.98. The van der Waals surface area contributed by atoms with E-state index in [0.717, 1.165) is 23.3 Å². The van der Waals surface area contributed by atoms with Gasteiger partial charge in [0.05, 0.1) is 0 Å². The normalized spacial score (nSPS) is 34.1. The van der Waals surface area contributed by atoms with Gasteiger partial charge in [-0.1, -0.05) is 54.1 Å². The highest BCUT2D eigenvalue weighted by Crippen LogP contribution is 2.66. The first kappa shape index (κ1) is 20.6. The van der Waals surface area contributed by atoms with E-state index in [0.29, 0.717) is 22.9 Å². The SMILES string of the molecule is C[C@H](CCc1ccccc1)N[C@@H](C)C12C[C@H]3C[C@@H](CC(c4ccc(Cl)cc4)(C3)C1)C2. The van der Waals surface area contributed by atoms with Crippen LogP contribution in [0.15, 0.2) is 54.6 Å². The third kappa shape index (κ3) is 3.84. The molecule has 2 aromatic rings. The second-order valence-electron chi connectivity index (χ2n) is 10.9. The molecule has 4 aliphatic carbocycles. The van der Waals surface area contributed by atoms with E-state index in [-0.39, 0.29) is 0 Å². The predicted octanol–water partition coefficient (Wildman–Crippen LogP) is 7.18. The number of halogens is 1. The molecule has 0 saturated heterocycles. The van der Waals surface area contributed by atoms with Crippen molar-refractivity contribution in [1.29, 1.82) is 0 Å². The maximum atomic E-state index is 6.22. The minimum Gasteiger partial charge on any atom is -0.311 e. The molecule has 2 heteroatoms. The molecule has 0 unspecified atom stereocenters. The molecule has 30 heavy (non-hydrogen) atoms. The number of aryl methyl sites for hydroxylation is 1. The summed E-state index contributed by atoms with van der Waals surface area (Å²) in [7, 11) is 0. The molecule has 0 amide bonds. The molecule has 0 aromatic heterocycles. The second-order valence-corrected chi connectivity index (χ2v) is 11.4. The topological polar surface area (TPSA) is 12.0 Å². The van der Waals surface area contributed by atoms with Crippen molar-refractivity contribution >= 4 is 11.6 Å². The molecule has 4 bridgehead atoms. The number of nitrogens with one attached hydrogen (secondary N) is 1. The molecular weight excluding hydrogens is 386 g/mol. The zero-order valence-electron chi connectivity index (χ0n) is 18.5. The van der Waals surface area contributed by atoms with E-state index < -0.39 is 0 Å². The van der Waals surface area contributed by atoms with Gasteiger partial charge in [0.2, 0.25) is 0 Å². The average Bonchev–Trinajstić information content (AvgIpc) is 2.72. The Balaban J connectivity index is 1.30. The van der Waals surface area contributed by atoms with Crippen molar-refractivity contribution < 1.29 is 0 Å². The van der Waals surface area contributed by atoms with Crippen molar-refractivity contribution in [2.45, 2.75) is 82.7 Å². The lowest BCUT2D eigenvalue weighted by Gasteiger charge is -2.64. The van der Waals surface area contributed by atoms with Crippen LogP contribution in [0.1, 0.15) is 69.9 Å². The quantitative estimate of drug-likeness (QED) is 0.499. The molecule has 0 aliphatic heterocycles. The van der Waals surface area contributed by atoms with Crippen LogP contribution in [0.25, 0.3) is 0 Å². The molecule has 160 valence electrons. The van der Waals surface area contributed by atoms with Gasteiger partial charge in [-0.3, -0.25) is 0 Å². The standard InChI is InChI=1S/C28H36ClN/c1-20(8-9-22-6-4-3-5-7-22)30-21(2)27-15-23-14-24(16-27)18-28(17-23,19-27)25-10-12-26(29)13-11-25/h3-7,10-13,20-21,23-24,30H,8-9,14-19H2,1-2H3/t20-,21+,23-,24-,27?,28?/m1/s1. The first-order chi connectivity index (χ1) is 14.5. The summed E-state index contributed by atoms with van der Waals surface area (Å²) in [4.78, 5) is 0. The number of benzene rings is 2. The monoisotopic (exact) mass is 421 g/mol. The zero-order chi connectivity index (χ0) is 20.8. The second kappa shape index (κ2) is 7.99. The van der Waals surface area contributed by atoms with E-state index in [4.69, 9.17) is 11.6 Å². The molecule has 1 N–H and O–H groups in total. The summed E-state index contributed by atoms with van der Waals surface area (Å²) in [5.41, 5.74) is 3.85. The molecule has 0 radical (unpaired) electrons. The van der Waals surface area contributed by atoms with Gasteiger partial charge in [-0.2, -0.15) is 0 Å². The van der Waals surface area contributed by atoms with Gasteiger partial charge in [-0.25, -0.2) is 0 Å². The van der Waals surface area contributed by atoms with Crippen LogP contribution in [0.3, 0.4) is 0 Å². The fraction of sp³-hybridized carbons (Fsp3) is 0.571. The molecule has 4 atom stereocenters. The van der Waals surface area contributed by atoms with Crippen LogP contribution in [0.2, 0.25) is 5.02 Å². The lowest BCUT2D eigenvalue weighted by Crippen LogP contribution is -2.60. The molecule has 4 saturated carbocycles. The number of hydrogen-bond donors (Lipinski definition) is 1. The maximum absolute atomic E-state index is 6.22. The number of rotatable bonds is 7. The highest BCUT2D eigenvalue weighted by molar-refractivity contribution is 6.30. The third-order valence-electron chi connectivity index (χ3n) is 8.72. The minimum absolute atomic E-state index is 0.387. The molecule has 0 spiro atoms. The minimum atomic E-state index is 0.387. The highest BCUT2D eigenvalue weighted by Gasteiger charge is 2.59. The van der Waals surface area contributed by atoms with E-state index >= 15 is 0 Å². The largest absolute Gasteiger partial charge is 0.311 e. The Hall–Kier alpha value is -1.31. The number of hydrogen-bond acceptors (Lipinski definition) is 1. The fourth-order valence-corrected chi connectivity index (χ4v) is 7.82. The molecule has 4 aliphatic rings. The zero-order valence-corrected chi connectivity index (χ0v) is 19.3. The Bertz CT molecular complexity index is 844. The van der Waals surface area contributed by atoms with E-state index in [1.54, 1.807) is 5.56 Å². The van der Waals surface area contributed by atoms with Crippen molar-refractivity contribution in [3.63, 3.8) is 0 Å². The first-order valence-corrected chi connectivity index (χ1v) is 12.4. The van der Waals surface area contributed by atoms with Gasteiger partial charge in [0.1, 0.15) is 0 Å². The van der Waals surface area contributed by atoms with Crippen LogP contribution in [0, 0.1) is 17.3 Å². The first-order valence-electron chi connectivity index (χ1n) is 12.0. The van der Waals surface area contributed by atoms with Crippen molar-refractivity contribution in [1.82, 2.24) is 5.32 Å². The summed E-state index contributed by atoms with van der Waals surface area (Å²) in [5.74, 6) is 1.82. The Morgan fingerprint density at radius 3 is 2.27 bits per heavy atom. The van der Waals surface area contributed by atoms with Crippen LogP contribution in [0.5, 0.6) is 0 Å². The van der Waals surface area contributed by atoms with E-state index in [1.165, 1.54) is 50.5 Å². The van der Waals surface area contributed by atoms with Crippen molar-refractivity contribution in [3.05, 3.63) is 70.7 Å². The lowest BCUT2D eigenvalue weighted by molar-refractivity contribution is -0.0894. The van der Waals surface area contributed by atoms with Crippen LogP contribution in [-0.2, 0) is 11.8 Å². The Kier molecular flexibility index (Phi) is 5.48. The van der Waals surface area contributed by atoms with Gasteiger partial charge in [-0.05, 0) is 111 Å². The molecule has 0 heterocycles. The Labute approximate surface area is 187 Å². The average molecular weight is 422 g/mol. The van der Waals surface area contributed by atoms with Crippen LogP contribution in [0.4, 0.5) is 0 Å². The summed E-state index contributed by atoms with van der Waals surface area (Å²) in [6.45, 7) is 4.87. The summed E-state index contributed by atoms with van der Waals surface area (Å²) < 4.78 is 0. The molecule has 1 nitrogen and oxygen atoms in total. The van der Waals surface area contributed by atoms with Gasteiger partial charge in [-0.15, -0.1) is 0 Å². The summed E-state index contributed by atoms with van der Waals surface area (Å²) in [6, 6.07) is 20.9. The van der Waals surface area contributed by atoms with Gasteiger partial charge < -0.3 is 5.32 Å². The van der Waals surface area contributed by atoms with E-state index in [9.17, 15) is 0 Å². The molecule has 4 fully saturated rings. The molecule has 2 aromatic carbocycles. The Morgan fingerprint density at radius 2 is 1.60 bits per heavy atom. The predicted molar refractivity (Wildman–Crippen MR) is 127 cm³/mol. The highest BCUT2D eigenvalue weighted by atomic mass is 35.5. The Morgan fingerprint density at radius 1 is 0.933 bits per heavy atom. The lowest BCUT2D eigenvalue weighted by atomic mass is 9.41. The van der Waals surface area contributed by atoms with E-state index in [2.05, 4.69) is 73.8 Å². The van der Waals surface area contributed by atoms with E-state index in [1.807, 2.05) is 0 Å². The van der Waals surface area contributed by atoms with Gasteiger partial charge in [0.15, 0.2) is 0 Å². The molecule has 6 rings (SSSR count). The smallest absolute Gasteiger partial charge is 0.0406 e. The van der Waals surface area contributed by atoms with Crippen molar-refractivity contribution in [3.8, 4) is 0 Å². The van der Waals surface area contributed by atoms with Gasteiger partial charge >= 0.3 is 0 Å². The van der Waals surface area contributed by atoms with Gasteiger partial charge in [0.25, 0.3) is 0 Å². The molecular formula is C28H36ClN. The summed E-state index contributed by atoms with van der Waals surface area (Å²) >= 11 is 6.22. The van der Waals surface area contributed by atoms with Crippen molar-refractivity contribution in [2.75, 3.05) is 0 Å². The van der Waals surface area contributed by atoms with Gasteiger partial charge in [0, 0.05) is 17.1 Å². The van der Waals surface area contributed by atoms with Crippen LogP contribution >= 0.6 is 11.6 Å². The van der Waals surface area contributed by atoms with Crippen molar-refractivity contribution in [2.24, 2.45) is 17.3 Å². The maximum Gasteiger partial charge on any atom is 0.0406 e. The van der Waals surface area contributed by atoms with Crippen LogP contribution in [-0.4, -0.2) is 12.1 Å². The summed E-state index contributed by atoms with van der Waals surface area (Å²) in [5, 5.41) is 4.93. The fourth-order valence-electron chi connectivity index (χ4n) is 7.70.